The van der Waals surface area contributed by atoms with Gasteiger partial charge in [0.15, 0.2) is 5.58 Å². The van der Waals surface area contributed by atoms with Crippen molar-refractivity contribution in [2.75, 3.05) is 4.90 Å². The lowest BCUT2D eigenvalue weighted by molar-refractivity contribution is 0.619. The van der Waals surface area contributed by atoms with Crippen LogP contribution in [0.25, 0.3) is 77.6 Å². The van der Waals surface area contributed by atoms with Crippen molar-refractivity contribution in [3.63, 3.8) is 0 Å². The van der Waals surface area contributed by atoms with Crippen molar-refractivity contribution in [3.8, 4) is 22.6 Å². The van der Waals surface area contributed by atoms with Crippen LogP contribution in [0.1, 0.15) is 0 Å². The molecule has 0 unspecified atom stereocenters. The Kier molecular flexibility index (Phi) is 5.81. The van der Waals surface area contributed by atoms with E-state index in [0.717, 1.165) is 88.7 Å². The molecular formula is C43H26N2O3. The molecule has 7 aromatic carbocycles. The first-order valence-electron chi connectivity index (χ1n) is 16.0. The Morgan fingerprint density at radius 3 is 1.94 bits per heavy atom. The second-order valence-corrected chi connectivity index (χ2v) is 12.0. The average molecular weight is 619 g/mol. The third kappa shape index (κ3) is 4.15. The zero-order valence-electron chi connectivity index (χ0n) is 25.6. The second-order valence-electron chi connectivity index (χ2n) is 12.0. The normalized spacial score (nSPS) is 11.8. The van der Waals surface area contributed by atoms with Crippen LogP contribution >= 0.6 is 0 Å². The zero-order valence-corrected chi connectivity index (χ0v) is 25.6. The number of rotatable bonds is 5. The Bertz CT molecular complexity index is 2770. The molecule has 0 bridgehead atoms. The quantitative estimate of drug-likeness (QED) is 0.192. The van der Waals surface area contributed by atoms with Gasteiger partial charge in [0.1, 0.15) is 27.8 Å². The number of oxazole rings is 1. The second kappa shape index (κ2) is 10.5. The van der Waals surface area contributed by atoms with Crippen molar-refractivity contribution < 1.29 is 13.3 Å². The van der Waals surface area contributed by atoms with Gasteiger partial charge in [0.05, 0.1) is 5.39 Å². The molecule has 0 saturated heterocycles. The molecule has 226 valence electrons. The lowest BCUT2D eigenvalue weighted by atomic mass is 10.0. The van der Waals surface area contributed by atoms with Crippen LogP contribution in [-0.2, 0) is 0 Å². The minimum absolute atomic E-state index is 0.591. The molecule has 0 fully saturated rings. The summed E-state index contributed by atoms with van der Waals surface area (Å²) in [6.45, 7) is 0. The molecule has 10 rings (SSSR count). The van der Waals surface area contributed by atoms with Crippen LogP contribution in [0.3, 0.4) is 0 Å². The highest BCUT2D eigenvalue weighted by atomic mass is 16.4. The smallest absolute Gasteiger partial charge is 0.227 e. The lowest BCUT2D eigenvalue weighted by Gasteiger charge is -2.25. The van der Waals surface area contributed by atoms with E-state index < -0.39 is 0 Å². The van der Waals surface area contributed by atoms with Crippen LogP contribution in [0.2, 0.25) is 0 Å². The maximum Gasteiger partial charge on any atom is 0.227 e. The molecule has 0 aliphatic rings. The Balaban J connectivity index is 1.11. The SMILES string of the molecule is c1ccc(-c2nc3c(ccc4oc5ccc(N(c6ccccc6)c6ccc(-c7cccc8c7oc7ccccc78)cc6)cc5c43)o2)cc1. The summed E-state index contributed by atoms with van der Waals surface area (Å²) in [6, 6.07) is 53.9. The lowest BCUT2D eigenvalue weighted by Crippen LogP contribution is -2.09. The molecule has 0 radical (unpaired) electrons. The third-order valence-electron chi connectivity index (χ3n) is 9.11. The molecule has 48 heavy (non-hydrogen) atoms. The van der Waals surface area contributed by atoms with E-state index in [0.29, 0.717) is 5.89 Å². The van der Waals surface area contributed by atoms with Gasteiger partial charge >= 0.3 is 0 Å². The molecule has 0 amide bonds. The highest BCUT2D eigenvalue weighted by Crippen LogP contribution is 2.42. The Morgan fingerprint density at radius 1 is 0.417 bits per heavy atom. The van der Waals surface area contributed by atoms with E-state index in [1.165, 1.54) is 0 Å². The number of furan rings is 2. The summed E-state index contributed by atoms with van der Waals surface area (Å²) in [7, 11) is 0. The van der Waals surface area contributed by atoms with Crippen LogP contribution in [-0.4, -0.2) is 4.98 Å². The summed E-state index contributed by atoms with van der Waals surface area (Å²) < 4.78 is 18.9. The first-order chi connectivity index (χ1) is 23.8. The number of hydrogen-bond donors (Lipinski definition) is 0. The number of hydrogen-bond acceptors (Lipinski definition) is 5. The molecular weight excluding hydrogens is 592 g/mol. The standard InChI is InChI=1S/C43H26N2O3/c1-3-10-28(11-4-1)43-44-41-39(48-43)25-24-38-40(41)35-26-31(22-23-37(35)46-38)45(29-12-5-2-6-13-29)30-20-18-27(19-21-30)32-15-9-16-34-33-14-7-8-17-36(33)47-42(32)34/h1-26H. The van der Waals surface area contributed by atoms with Crippen molar-refractivity contribution in [3.05, 3.63) is 158 Å². The Labute approximate surface area is 274 Å². The molecule has 3 aromatic heterocycles. The van der Waals surface area contributed by atoms with E-state index in [2.05, 4.69) is 95.9 Å². The van der Waals surface area contributed by atoms with Gasteiger partial charge in [-0.05, 0) is 78.4 Å². The van der Waals surface area contributed by atoms with Crippen molar-refractivity contribution in [2.45, 2.75) is 0 Å². The maximum absolute atomic E-state index is 6.35. The summed E-state index contributed by atoms with van der Waals surface area (Å²) >= 11 is 0. The fourth-order valence-corrected chi connectivity index (χ4v) is 6.87. The monoisotopic (exact) mass is 618 g/mol. The maximum atomic E-state index is 6.35. The largest absolute Gasteiger partial charge is 0.456 e. The van der Waals surface area contributed by atoms with Crippen LogP contribution in [0.4, 0.5) is 17.1 Å². The van der Waals surface area contributed by atoms with Gasteiger partial charge in [-0.3, -0.25) is 0 Å². The van der Waals surface area contributed by atoms with Gasteiger partial charge in [0.25, 0.3) is 0 Å². The van der Waals surface area contributed by atoms with Gasteiger partial charge in [-0.1, -0.05) is 84.9 Å². The summed E-state index contributed by atoms with van der Waals surface area (Å²) in [6.07, 6.45) is 0. The summed E-state index contributed by atoms with van der Waals surface area (Å²) in [5, 5.41) is 4.17. The number of nitrogens with zero attached hydrogens (tertiary/aromatic N) is 2. The molecule has 3 heterocycles. The molecule has 5 nitrogen and oxygen atoms in total. The predicted molar refractivity (Wildman–Crippen MR) is 194 cm³/mol. The highest BCUT2D eigenvalue weighted by molar-refractivity contribution is 6.17. The van der Waals surface area contributed by atoms with E-state index >= 15 is 0 Å². The van der Waals surface area contributed by atoms with Crippen molar-refractivity contribution in [1.29, 1.82) is 0 Å². The van der Waals surface area contributed by atoms with Gasteiger partial charge in [-0.15, -0.1) is 0 Å². The summed E-state index contributed by atoms with van der Waals surface area (Å²) in [4.78, 5) is 7.22. The minimum atomic E-state index is 0.591. The van der Waals surface area contributed by atoms with E-state index in [9.17, 15) is 0 Å². The molecule has 0 atom stereocenters. The van der Waals surface area contributed by atoms with Gasteiger partial charge < -0.3 is 18.2 Å². The van der Waals surface area contributed by atoms with Gasteiger partial charge in [-0.2, -0.15) is 0 Å². The Hall–Kier alpha value is -6.59. The number of para-hydroxylation sites is 3. The minimum Gasteiger partial charge on any atom is -0.456 e. The first kappa shape index (κ1) is 26.6. The van der Waals surface area contributed by atoms with E-state index in [1.807, 2.05) is 66.7 Å². The molecule has 0 spiro atoms. The number of anilines is 3. The molecule has 5 heteroatoms. The van der Waals surface area contributed by atoms with Crippen LogP contribution < -0.4 is 4.90 Å². The summed E-state index contributed by atoms with van der Waals surface area (Å²) in [5.74, 6) is 0.591. The van der Waals surface area contributed by atoms with Crippen molar-refractivity contribution >= 4 is 72.0 Å². The van der Waals surface area contributed by atoms with E-state index in [-0.39, 0.29) is 0 Å². The molecule has 0 saturated carbocycles. The number of fused-ring (bicyclic) bond motifs is 8. The Morgan fingerprint density at radius 2 is 1.08 bits per heavy atom. The summed E-state index contributed by atoms with van der Waals surface area (Å²) in [5.41, 5.74) is 11.1. The van der Waals surface area contributed by atoms with Crippen molar-refractivity contribution in [1.82, 2.24) is 4.98 Å². The highest BCUT2D eigenvalue weighted by Gasteiger charge is 2.20. The topological polar surface area (TPSA) is 55.6 Å². The van der Waals surface area contributed by atoms with Crippen LogP contribution in [0.15, 0.2) is 171 Å². The van der Waals surface area contributed by atoms with Crippen LogP contribution in [0, 0.1) is 0 Å². The number of aromatic nitrogens is 1. The average Bonchev–Trinajstić information content (AvgIpc) is 3.86. The van der Waals surface area contributed by atoms with Gasteiger partial charge in [0, 0.05) is 44.3 Å². The van der Waals surface area contributed by atoms with E-state index in [4.69, 9.17) is 18.2 Å². The van der Waals surface area contributed by atoms with Crippen LogP contribution in [0.5, 0.6) is 0 Å². The van der Waals surface area contributed by atoms with Gasteiger partial charge in [0.2, 0.25) is 5.89 Å². The molecule has 0 N–H and O–H groups in total. The predicted octanol–water partition coefficient (Wildman–Crippen LogP) is 12.4. The fourth-order valence-electron chi connectivity index (χ4n) is 6.87. The van der Waals surface area contributed by atoms with Gasteiger partial charge in [-0.25, -0.2) is 4.98 Å². The third-order valence-corrected chi connectivity index (χ3v) is 9.11. The zero-order chi connectivity index (χ0) is 31.6. The molecule has 0 aliphatic heterocycles. The fraction of sp³-hybridized carbons (Fsp3) is 0. The van der Waals surface area contributed by atoms with E-state index in [1.54, 1.807) is 0 Å². The van der Waals surface area contributed by atoms with Crippen molar-refractivity contribution in [2.24, 2.45) is 0 Å². The molecule has 10 aromatic rings. The molecule has 0 aliphatic carbocycles. The first-order valence-corrected chi connectivity index (χ1v) is 16.0. The number of benzene rings is 7.